The molecule has 0 saturated carbocycles. The number of likely N-dealkylation sites (tertiary alicyclic amines) is 1. The molecule has 1 fully saturated rings. The second kappa shape index (κ2) is 6.31. The second-order valence-corrected chi connectivity index (χ2v) is 7.39. The highest BCUT2D eigenvalue weighted by atomic mass is 16.6. The first-order valence-corrected chi connectivity index (χ1v) is 8.13. The fourth-order valence-electron chi connectivity index (χ4n) is 3.43. The molecule has 0 aromatic rings. The van der Waals surface area contributed by atoms with E-state index in [4.69, 9.17) is 4.74 Å². The molecule has 0 bridgehead atoms. The Morgan fingerprint density at radius 2 is 1.91 bits per heavy atom. The van der Waals surface area contributed by atoms with Crippen LogP contribution in [0.2, 0.25) is 0 Å². The number of nitrogens with zero attached hydrogens (tertiary/aromatic N) is 1. The topological polar surface area (TPSA) is 66.8 Å². The van der Waals surface area contributed by atoms with E-state index in [9.17, 15) is 14.7 Å². The molecule has 1 aliphatic carbocycles. The van der Waals surface area contributed by atoms with E-state index >= 15 is 0 Å². The molecule has 1 amide bonds. The van der Waals surface area contributed by atoms with Crippen LogP contribution in [0.4, 0.5) is 4.79 Å². The van der Waals surface area contributed by atoms with Crippen LogP contribution in [0.25, 0.3) is 0 Å². The van der Waals surface area contributed by atoms with Gasteiger partial charge in [0.15, 0.2) is 0 Å². The lowest BCUT2D eigenvalue weighted by atomic mass is 9.66. The molecule has 5 nitrogen and oxygen atoms in total. The predicted octanol–water partition coefficient (Wildman–Crippen LogP) is 3.44. The summed E-state index contributed by atoms with van der Waals surface area (Å²) < 4.78 is 5.38. The Balaban J connectivity index is 2.04. The van der Waals surface area contributed by atoms with E-state index in [1.54, 1.807) is 4.90 Å². The first-order chi connectivity index (χ1) is 10.2. The number of allylic oxidation sites excluding steroid dienone is 2. The van der Waals surface area contributed by atoms with Crippen molar-refractivity contribution in [1.29, 1.82) is 0 Å². The molecule has 0 aromatic carbocycles. The third kappa shape index (κ3) is 3.62. The summed E-state index contributed by atoms with van der Waals surface area (Å²) in [7, 11) is 0. The third-order valence-corrected chi connectivity index (χ3v) is 4.70. The van der Waals surface area contributed by atoms with Crippen LogP contribution in [0, 0.1) is 11.3 Å². The van der Waals surface area contributed by atoms with Crippen LogP contribution in [0.1, 0.15) is 52.9 Å². The molecule has 5 heteroatoms. The van der Waals surface area contributed by atoms with E-state index in [2.05, 4.69) is 12.2 Å². The van der Waals surface area contributed by atoms with E-state index in [-0.39, 0.29) is 12.0 Å². The zero-order valence-corrected chi connectivity index (χ0v) is 13.8. The van der Waals surface area contributed by atoms with Gasteiger partial charge in [0.05, 0.1) is 5.41 Å². The van der Waals surface area contributed by atoms with Crippen molar-refractivity contribution in [2.45, 2.75) is 58.5 Å². The summed E-state index contributed by atoms with van der Waals surface area (Å²) in [5, 5.41) is 9.78. The van der Waals surface area contributed by atoms with Crippen molar-refractivity contribution < 1.29 is 19.4 Å². The van der Waals surface area contributed by atoms with Gasteiger partial charge in [0, 0.05) is 13.1 Å². The highest BCUT2D eigenvalue weighted by molar-refractivity contribution is 5.76. The number of ether oxygens (including phenoxy) is 1. The first-order valence-electron chi connectivity index (χ1n) is 8.13. The van der Waals surface area contributed by atoms with Gasteiger partial charge in [-0.05, 0) is 58.8 Å². The Hall–Kier alpha value is -1.52. The Kier molecular flexibility index (Phi) is 4.83. The monoisotopic (exact) mass is 309 g/mol. The van der Waals surface area contributed by atoms with Crippen molar-refractivity contribution in [3.63, 3.8) is 0 Å². The van der Waals surface area contributed by atoms with Crippen molar-refractivity contribution in [2.75, 3.05) is 13.1 Å². The summed E-state index contributed by atoms with van der Waals surface area (Å²) in [6.07, 6.45) is 7.83. The Morgan fingerprint density at radius 3 is 2.36 bits per heavy atom. The van der Waals surface area contributed by atoms with E-state index in [1.807, 2.05) is 20.8 Å². The maximum atomic E-state index is 12.1. The normalized spacial score (nSPS) is 24.9. The smallest absolute Gasteiger partial charge is 0.410 e. The minimum atomic E-state index is -0.729. The number of carboxylic acids is 1. The molecule has 2 rings (SSSR count). The molecular weight excluding hydrogens is 282 g/mol. The largest absolute Gasteiger partial charge is 0.481 e. The molecule has 22 heavy (non-hydrogen) atoms. The van der Waals surface area contributed by atoms with Crippen molar-refractivity contribution in [3.05, 3.63) is 12.2 Å². The summed E-state index contributed by atoms with van der Waals surface area (Å²) >= 11 is 0. The van der Waals surface area contributed by atoms with Crippen LogP contribution in [0.3, 0.4) is 0 Å². The van der Waals surface area contributed by atoms with Crippen LogP contribution < -0.4 is 0 Å². The van der Waals surface area contributed by atoms with Crippen LogP contribution in [-0.2, 0) is 9.53 Å². The maximum Gasteiger partial charge on any atom is 0.410 e. The summed E-state index contributed by atoms with van der Waals surface area (Å²) in [5.74, 6) is -0.646. The molecule has 0 spiro atoms. The number of carbonyl (C=O) groups excluding carboxylic acids is 1. The second-order valence-electron chi connectivity index (χ2n) is 7.39. The number of aliphatic carboxylic acids is 1. The van der Waals surface area contributed by atoms with Crippen molar-refractivity contribution in [1.82, 2.24) is 4.90 Å². The SMILES string of the molecule is CC(C)(C)OC(=O)N1CCC(C(=O)O)(C2C=CCCC2)CC1. The molecule has 1 heterocycles. The minimum Gasteiger partial charge on any atom is -0.481 e. The average molecular weight is 309 g/mol. The van der Waals surface area contributed by atoms with E-state index in [1.165, 1.54) is 0 Å². The number of carbonyl (C=O) groups is 2. The zero-order chi connectivity index (χ0) is 16.4. The molecule has 1 aliphatic heterocycles. The average Bonchev–Trinajstić information content (AvgIpc) is 2.46. The van der Waals surface area contributed by atoms with Crippen molar-refractivity contribution >= 4 is 12.1 Å². The van der Waals surface area contributed by atoms with Gasteiger partial charge in [-0.25, -0.2) is 4.79 Å². The molecule has 124 valence electrons. The van der Waals surface area contributed by atoms with Crippen LogP contribution >= 0.6 is 0 Å². The van der Waals surface area contributed by atoms with Crippen LogP contribution in [0.5, 0.6) is 0 Å². The van der Waals surface area contributed by atoms with E-state index in [0.717, 1.165) is 19.3 Å². The number of rotatable bonds is 2. The number of carboxylic acid groups (broad SMARTS) is 1. The lowest BCUT2D eigenvalue weighted by molar-refractivity contribution is -0.155. The Morgan fingerprint density at radius 1 is 1.27 bits per heavy atom. The lowest BCUT2D eigenvalue weighted by Crippen LogP contribution is -2.50. The molecular formula is C17H27NO4. The highest BCUT2D eigenvalue weighted by Crippen LogP contribution is 2.44. The summed E-state index contributed by atoms with van der Waals surface area (Å²) in [4.78, 5) is 25.7. The quantitative estimate of drug-likeness (QED) is 0.793. The molecule has 1 saturated heterocycles. The Labute approximate surface area is 132 Å². The van der Waals surface area contributed by atoms with Gasteiger partial charge in [-0.15, -0.1) is 0 Å². The van der Waals surface area contributed by atoms with Crippen LogP contribution in [-0.4, -0.2) is 40.8 Å². The van der Waals surface area contributed by atoms with Gasteiger partial charge in [-0.3, -0.25) is 4.79 Å². The van der Waals surface area contributed by atoms with Gasteiger partial charge in [0.2, 0.25) is 0 Å². The third-order valence-electron chi connectivity index (χ3n) is 4.70. The molecule has 1 unspecified atom stereocenters. The molecule has 1 atom stereocenters. The van der Waals surface area contributed by atoms with Crippen molar-refractivity contribution in [2.24, 2.45) is 11.3 Å². The van der Waals surface area contributed by atoms with Gasteiger partial charge in [0.1, 0.15) is 5.60 Å². The number of hydrogen-bond donors (Lipinski definition) is 1. The standard InChI is InChI=1S/C17H27NO4/c1-16(2,3)22-15(21)18-11-9-17(10-12-18,14(19)20)13-7-5-4-6-8-13/h5,7,13H,4,6,8-12H2,1-3H3,(H,19,20). The molecule has 0 aromatic heterocycles. The van der Waals surface area contributed by atoms with Gasteiger partial charge in [-0.2, -0.15) is 0 Å². The minimum absolute atomic E-state index is 0.0829. The highest BCUT2D eigenvalue weighted by Gasteiger charge is 2.47. The maximum absolute atomic E-state index is 12.1. The molecule has 0 radical (unpaired) electrons. The predicted molar refractivity (Wildman–Crippen MR) is 83.6 cm³/mol. The molecule has 1 N–H and O–H groups in total. The van der Waals surface area contributed by atoms with E-state index < -0.39 is 17.0 Å². The fourth-order valence-corrected chi connectivity index (χ4v) is 3.43. The van der Waals surface area contributed by atoms with Gasteiger partial charge in [0.25, 0.3) is 0 Å². The lowest BCUT2D eigenvalue weighted by Gasteiger charge is -2.43. The number of amides is 1. The van der Waals surface area contributed by atoms with Gasteiger partial charge >= 0.3 is 12.1 Å². The van der Waals surface area contributed by atoms with Gasteiger partial charge in [-0.1, -0.05) is 12.2 Å². The first kappa shape index (κ1) is 16.8. The van der Waals surface area contributed by atoms with Crippen molar-refractivity contribution in [3.8, 4) is 0 Å². The molecule has 2 aliphatic rings. The zero-order valence-electron chi connectivity index (χ0n) is 13.8. The summed E-state index contributed by atoms with van der Waals surface area (Å²) in [6, 6.07) is 0. The fraction of sp³-hybridized carbons (Fsp3) is 0.765. The Bertz CT molecular complexity index is 456. The summed E-state index contributed by atoms with van der Waals surface area (Å²) in [6.45, 7) is 6.41. The van der Waals surface area contributed by atoms with Crippen LogP contribution in [0.15, 0.2) is 12.2 Å². The van der Waals surface area contributed by atoms with Gasteiger partial charge < -0.3 is 14.7 Å². The number of hydrogen-bond acceptors (Lipinski definition) is 3. The van der Waals surface area contributed by atoms with E-state index in [0.29, 0.717) is 25.9 Å². The number of piperidine rings is 1. The summed E-state index contributed by atoms with van der Waals surface area (Å²) in [5.41, 5.74) is -1.25.